The van der Waals surface area contributed by atoms with Crippen molar-refractivity contribution in [3.05, 3.63) is 94.5 Å². The SMILES string of the molecule is C[C@H](C(=O)NC(C)(C)C)N(Cc1ccc(Cl)cc1)C(=O)CN(c1cccc(Cl)c1)S(=O)(=O)c1ccccc1. The highest BCUT2D eigenvalue weighted by molar-refractivity contribution is 7.92. The molecule has 0 aliphatic carbocycles. The Hall–Kier alpha value is -3.07. The van der Waals surface area contributed by atoms with E-state index in [1.165, 1.54) is 23.1 Å². The molecule has 3 aromatic rings. The molecule has 38 heavy (non-hydrogen) atoms. The number of anilines is 1. The van der Waals surface area contributed by atoms with Crippen LogP contribution in [0.1, 0.15) is 33.3 Å². The van der Waals surface area contributed by atoms with Gasteiger partial charge in [0.2, 0.25) is 11.8 Å². The van der Waals surface area contributed by atoms with Crippen LogP contribution in [0.15, 0.2) is 83.8 Å². The summed E-state index contributed by atoms with van der Waals surface area (Å²) in [5.74, 6) is -0.920. The molecule has 1 atom stereocenters. The largest absolute Gasteiger partial charge is 0.350 e. The van der Waals surface area contributed by atoms with E-state index in [2.05, 4.69) is 5.32 Å². The molecule has 1 N–H and O–H groups in total. The van der Waals surface area contributed by atoms with Crippen LogP contribution >= 0.6 is 23.2 Å². The molecule has 0 aliphatic rings. The van der Waals surface area contributed by atoms with E-state index in [1.54, 1.807) is 67.6 Å². The third-order valence-corrected chi connectivity index (χ3v) is 7.91. The van der Waals surface area contributed by atoms with Crippen molar-refractivity contribution < 1.29 is 18.0 Å². The van der Waals surface area contributed by atoms with Gasteiger partial charge in [0.25, 0.3) is 10.0 Å². The fourth-order valence-electron chi connectivity index (χ4n) is 3.72. The number of amides is 2. The number of halogens is 2. The zero-order chi connectivity index (χ0) is 28.1. The number of sulfonamides is 1. The number of benzene rings is 3. The van der Waals surface area contributed by atoms with E-state index in [-0.39, 0.29) is 23.0 Å². The number of carbonyl (C=O) groups excluding carboxylic acids is 2. The first-order valence-corrected chi connectivity index (χ1v) is 14.2. The van der Waals surface area contributed by atoms with E-state index in [0.717, 1.165) is 9.87 Å². The van der Waals surface area contributed by atoms with Crippen molar-refractivity contribution in [3.8, 4) is 0 Å². The van der Waals surface area contributed by atoms with Crippen molar-refractivity contribution in [2.24, 2.45) is 0 Å². The molecule has 0 heterocycles. The Kier molecular flexibility index (Phi) is 9.46. The van der Waals surface area contributed by atoms with Crippen LogP contribution in [0, 0.1) is 0 Å². The number of nitrogens with zero attached hydrogens (tertiary/aromatic N) is 2. The lowest BCUT2D eigenvalue weighted by Gasteiger charge is -2.33. The van der Waals surface area contributed by atoms with E-state index in [9.17, 15) is 18.0 Å². The lowest BCUT2D eigenvalue weighted by atomic mass is 10.1. The highest BCUT2D eigenvalue weighted by Crippen LogP contribution is 2.27. The maximum Gasteiger partial charge on any atom is 0.264 e. The molecule has 2 amide bonds. The third-order valence-electron chi connectivity index (χ3n) is 5.64. The lowest BCUT2D eigenvalue weighted by molar-refractivity contribution is -0.140. The molecule has 7 nitrogen and oxygen atoms in total. The molecule has 0 spiro atoms. The standard InChI is InChI=1S/C28H31Cl2N3O4S/c1-20(27(35)31-28(2,3)4)32(18-21-13-15-22(29)16-14-21)26(34)19-33(24-10-8-9-23(30)17-24)38(36,37)25-11-6-5-7-12-25/h5-17,20H,18-19H2,1-4H3,(H,31,35)/t20-/m1/s1. The highest BCUT2D eigenvalue weighted by atomic mass is 35.5. The minimum absolute atomic E-state index is 0.0237. The number of hydrogen-bond acceptors (Lipinski definition) is 4. The maximum atomic E-state index is 13.9. The van der Waals surface area contributed by atoms with Crippen molar-refractivity contribution in [1.82, 2.24) is 10.2 Å². The summed E-state index contributed by atoms with van der Waals surface area (Å²) in [6, 6.07) is 20.1. The number of hydrogen-bond donors (Lipinski definition) is 1. The van der Waals surface area contributed by atoms with Gasteiger partial charge < -0.3 is 10.2 Å². The molecular weight excluding hydrogens is 545 g/mol. The first kappa shape index (κ1) is 29.5. The van der Waals surface area contributed by atoms with Crippen molar-refractivity contribution in [3.63, 3.8) is 0 Å². The van der Waals surface area contributed by atoms with Gasteiger partial charge in [0.05, 0.1) is 10.6 Å². The second-order valence-corrected chi connectivity index (χ2v) is 12.6. The molecule has 0 bridgehead atoms. The van der Waals surface area contributed by atoms with Crippen LogP contribution in [0.2, 0.25) is 10.0 Å². The summed E-state index contributed by atoms with van der Waals surface area (Å²) in [7, 11) is -4.14. The van der Waals surface area contributed by atoms with Gasteiger partial charge in [-0.3, -0.25) is 13.9 Å². The predicted octanol–water partition coefficient (Wildman–Crippen LogP) is 5.52. The van der Waals surface area contributed by atoms with Crippen molar-refractivity contribution >= 4 is 50.7 Å². The average Bonchev–Trinajstić information content (AvgIpc) is 2.85. The summed E-state index contributed by atoms with van der Waals surface area (Å²) in [6.07, 6.45) is 0. The normalized spacial score (nSPS) is 12.5. The van der Waals surface area contributed by atoms with Gasteiger partial charge in [0.15, 0.2) is 0 Å². The predicted molar refractivity (Wildman–Crippen MR) is 152 cm³/mol. The summed E-state index contributed by atoms with van der Waals surface area (Å²) < 4.78 is 28.4. The number of carbonyl (C=O) groups is 2. The van der Waals surface area contributed by atoms with Crippen molar-refractivity contribution in [1.29, 1.82) is 0 Å². The molecule has 202 valence electrons. The molecule has 0 saturated heterocycles. The van der Waals surface area contributed by atoms with Crippen molar-refractivity contribution in [2.75, 3.05) is 10.8 Å². The molecule has 0 aromatic heterocycles. The Morgan fingerprint density at radius 3 is 2.11 bits per heavy atom. The van der Waals surface area contributed by atoms with Crippen LogP contribution in [0.25, 0.3) is 0 Å². The van der Waals surface area contributed by atoms with Gasteiger partial charge in [-0.1, -0.05) is 59.6 Å². The minimum atomic E-state index is -4.14. The van der Waals surface area contributed by atoms with Gasteiger partial charge in [-0.25, -0.2) is 8.42 Å². The molecule has 3 aromatic carbocycles. The number of nitrogens with one attached hydrogen (secondary N) is 1. The molecule has 0 unspecified atom stereocenters. The molecule has 0 aliphatic heterocycles. The van der Waals surface area contributed by atoms with Gasteiger partial charge in [-0.05, 0) is 75.7 Å². The van der Waals surface area contributed by atoms with E-state index >= 15 is 0 Å². The Labute approximate surface area is 234 Å². The smallest absolute Gasteiger partial charge is 0.264 e. The van der Waals surface area contributed by atoms with Gasteiger partial charge >= 0.3 is 0 Å². The Morgan fingerprint density at radius 2 is 1.53 bits per heavy atom. The van der Waals surface area contributed by atoms with Crippen LogP contribution < -0.4 is 9.62 Å². The van der Waals surface area contributed by atoms with Crippen LogP contribution in [-0.2, 0) is 26.2 Å². The average molecular weight is 577 g/mol. The van der Waals surface area contributed by atoms with Crippen LogP contribution in [0.5, 0.6) is 0 Å². The Balaban J connectivity index is 2.02. The zero-order valence-electron chi connectivity index (χ0n) is 21.7. The summed E-state index contributed by atoms with van der Waals surface area (Å²) >= 11 is 12.2. The fourth-order valence-corrected chi connectivity index (χ4v) is 5.46. The summed E-state index contributed by atoms with van der Waals surface area (Å²) in [5, 5.41) is 3.75. The second-order valence-electron chi connectivity index (χ2n) is 9.87. The van der Waals surface area contributed by atoms with Gasteiger partial charge in [-0.2, -0.15) is 0 Å². The van der Waals surface area contributed by atoms with Gasteiger partial charge in [0.1, 0.15) is 12.6 Å². The van der Waals surface area contributed by atoms with Gasteiger partial charge in [0, 0.05) is 22.1 Å². The van der Waals surface area contributed by atoms with Crippen LogP contribution in [0.4, 0.5) is 5.69 Å². The summed E-state index contributed by atoms with van der Waals surface area (Å²) in [6.45, 7) is 6.68. The first-order valence-electron chi connectivity index (χ1n) is 12.0. The number of rotatable bonds is 9. The molecular formula is C28H31Cl2N3O4S. The minimum Gasteiger partial charge on any atom is -0.350 e. The van der Waals surface area contributed by atoms with Gasteiger partial charge in [-0.15, -0.1) is 0 Å². The summed E-state index contributed by atoms with van der Waals surface area (Å²) in [5.41, 5.74) is 0.440. The van der Waals surface area contributed by atoms with E-state index in [0.29, 0.717) is 10.0 Å². The van der Waals surface area contributed by atoms with Crippen LogP contribution in [-0.4, -0.2) is 43.3 Å². The second kappa shape index (κ2) is 12.2. The molecule has 0 saturated carbocycles. The quantitative estimate of drug-likeness (QED) is 0.364. The Bertz CT molecular complexity index is 1380. The Morgan fingerprint density at radius 1 is 0.895 bits per heavy atom. The third kappa shape index (κ3) is 7.72. The monoisotopic (exact) mass is 575 g/mol. The first-order chi connectivity index (χ1) is 17.8. The van der Waals surface area contributed by atoms with E-state index in [1.807, 2.05) is 20.8 Å². The van der Waals surface area contributed by atoms with Crippen molar-refractivity contribution in [2.45, 2.75) is 50.7 Å². The molecule has 10 heteroatoms. The lowest BCUT2D eigenvalue weighted by Crippen LogP contribution is -2.54. The molecule has 0 fully saturated rings. The highest BCUT2D eigenvalue weighted by Gasteiger charge is 2.33. The topological polar surface area (TPSA) is 86.8 Å². The molecule has 0 radical (unpaired) electrons. The van der Waals surface area contributed by atoms with E-state index in [4.69, 9.17) is 23.2 Å². The summed E-state index contributed by atoms with van der Waals surface area (Å²) in [4.78, 5) is 28.3. The fraction of sp³-hybridized carbons (Fsp3) is 0.286. The van der Waals surface area contributed by atoms with E-state index < -0.39 is 34.1 Å². The zero-order valence-corrected chi connectivity index (χ0v) is 24.0. The van der Waals surface area contributed by atoms with Crippen LogP contribution in [0.3, 0.4) is 0 Å². The molecule has 3 rings (SSSR count). The maximum absolute atomic E-state index is 13.9.